The van der Waals surface area contributed by atoms with Gasteiger partial charge in [-0.25, -0.2) is 0 Å². The molecule has 15 heteroatoms. The van der Waals surface area contributed by atoms with Crippen molar-refractivity contribution in [3.05, 3.63) is 35.9 Å². The number of Topliss-reactive ketones (excluding diaryl/α,β-unsaturated/α-hetero) is 1. The molecule has 1 aromatic rings. The summed E-state index contributed by atoms with van der Waals surface area (Å²) >= 11 is 0. The zero-order valence-electron chi connectivity index (χ0n) is 22.9. The van der Waals surface area contributed by atoms with Crippen molar-refractivity contribution in [3.8, 4) is 0 Å². The maximum Gasteiger partial charge on any atom is 0.243 e. The lowest BCUT2D eigenvalue weighted by Crippen LogP contribution is -2.52. The van der Waals surface area contributed by atoms with Crippen LogP contribution in [0.2, 0.25) is 0 Å². The van der Waals surface area contributed by atoms with Crippen LogP contribution in [0.15, 0.2) is 30.3 Å². The SMILES string of the molecule is NCCCCCC(=O)NCC(=O)NCC(=O)N[C@@H](Cc1ccccc1)C(=O)NCC(=O)NCOCC(=O)CC(N)=O. The largest absolute Gasteiger partial charge is 0.369 e. The fourth-order valence-electron chi connectivity index (χ4n) is 3.31. The fraction of sp³-hybridized carbons (Fsp3) is 0.500. The van der Waals surface area contributed by atoms with E-state index in [9.17, 15) is 33.6 Å². The minimum atomic E-state index is -1.06. The van der Waals surface area contributed by atoms with Crippen LogP contribution in [0.4, 0.5) is 0 Å². The summed E-state index contributed by atoms with van der Waals surface area (Å²) in [7, 11) is 0. The standard InChI is InChI=1S/C26H39N7O8/c27-10-6-2-5-9-22(36)29-13-23(37)30-15-25(39)33-20(11-18-7-3-1-4-8-18)26(40)31-14-24(38)32-17-41-16-19(34)12-21(28)35/h1,3-4,7-8,20H,2,5-6,9-17,27H2,(H2,28,35)(H,29,36)(H,30,37)(H,31,40)(H,32,38)(H,33,39)/t20-/m0/s1. The number of ketones is 1. The highest BCUT2D eigenvalue weighted by atomic mass is 16.5. The lowest BCUT2D eigenvalue weighted by Gasteiger charge is -2.19. The van der Waals surface area contributed by atoms with Crippen molar-refractivity contribution in [2.75, 3.05) is 39.5 Å². The van der Waals surface area contributed by atoms with Gasteiger partial charge in [-0.3, -0.25) is 33.6 Å². The molecule has 0 aromatic heterocycles. The summed E-state index contributed by atoms with van der Waals surface area (Å²) in [6, 6.07) is 7.78. The van der Waals surface area contributed by atoms with Gasteiger partial charge in [0.15, 0.2) is 5.78 Å². The molecular formula is C26H39N7O8. The van der Waals surface area contributed by atoms with E-state index in [1.807, 2.05) is 0 Å². The first-order valence-electron chi connectivity index (χ1n) is 13.1. The van der Waals surface area contributed by atoms with Crippen molar-refractivity contribution < 1.29 is 38.3 Å². The molecule has 15 nitrogen and oxygen atoms in total. The molecule has 0 heterocycles. The van der Waals surface area contributed by atoms with Crippen LogP contribution in [-0.4, -0.2) is 86.8 Å². The number of hydrogen-bond donors (Lipinski definition) is 7. The number of unbranched alkanes of at least 4 members (excludes halogenated alkanes) is 2. The predicted molar refractivity (Wildman–Crippen MR) is 146 cm³/mol. The van der Waals surface area contributed by atoms with Gasteiger partial charge in [0.25, 0.3) is 0 Å². The Morgan fingerprint density at radius 3 is 2.07 bits per heavy atom. The van der Waals surface area contributed by atoms with Gasteiger partial charge in [-0.1, -0.05) is 36.8 Å². The summed E-state index contributed by atoms with van der Waals surface area (Å²) in [5, 5.41) is 12.1. The first-order valence-corrected chi connectivity index (χ1v) is 13.1. The van der Waals surface area contributed by atoms with Gasteiger partial charge < -0.3 is 42.8 Å². The Kier molecular flexibility index (Phi) is 17.3. The van der Waals surface area contributed by atoms with E-state index in [1.54, 1.807) is 30.3 Å². The second kappa shape index (κ2) is 20.5. The van der Waals surface area contributed by atoms with Crippen molar-refractivity contribution in [2.45, 2.75) is 44.6 Å². The van der Waals surface area contributed by atoms with Crippen LogP contribution in [0.25, 0.3) is 0 Å². The number of nitrogens with two attached hydrogens (primary N) is 2. The molecule has 0 aliphatic rings. The summed E-state index contributed by atoms with van der Waals surface area (Å²) in [4.78, 5) is 83.1. The molecule has 0 saturated carbocycles. The van der Waals surface area contributed by atoms with Crippen LogP contribution >= 0.6 is 0 Å². The highest BCUT2D eigenvalue weighted by molar-refractivity contribution is 5.98. The van der Waals surface area contributed by atoms with Crippen LogP contribution in [0, 0.1) is 0 Å². The Balaban J connectivity index is 2.49. The molecule has 0 radical (unpaired) electrons. The van der Waals surface area contributed by atoms with Gasteiger partial charge in [0.1, 0.15) is 19.4 Å². The van der Waals surface area contributed by atoms with Crippen molar-refractivity contribution in [2.24, 2.45) is 11.5 Å². The monoisotopic (exact) mass is 577 g/mol. The maximum absolute atomic E-state index is 12.8. The van der Waals surface area contributed by atoms with E-state index in [-0.39, 0.29) is 32.0 Å². The van der Waals surface area contributed by atoms with E-state index in [0.717, 1.165) is 18.4 Å². The number of carbonyl (C=O) groups excluding carboxylic acids is 7. The Bertz CT molecular complexity index is 1040. The number of amides is 6. The van der Waals surface area contributed by atoms with E-state index in [1.165, 1.54) is 0 Å². The van der Waals surface area contributed by atoms with Gasteiger partial charge in [-0.05, 0) is 24.9 Å². The molecule has 0 fully saturated rings. The molecule has 1 rings (SSSR count). The van der Waals surface area contributed by atoms with E-state index < -0.39 is 67.5 Å². The van der Waals surface area contributed by atoms with Gasteiger partial charge in [-0.15, -0.1) is 0 Å². The Labute approximate surface area is 237 Å². The summed E-state index contributed by atoms with van der Waals surface area (Å²) < 4.78 is 4.93. The average Bonchev–Trinajstić information content (AvgIpc) is 2.94. The number of nitrogens with one attached hydrogen (secondary N) is 5. The van der Waals surface area contributed by atoms with Crippen LogP contribution in [0.5, 0.6) is 0 Å². The maximum atomic E-state index is 12.8. The number of hydrogen-bond acceptors (Lipinski definition) is 9. The smallest absolute Gasteiger partial charge is 0.243 e. The topological polar surface area (TPSA) is 241 Å². The molecule has 1 atom stereocenters. The van der Waals surface area contributed by atoms with Crippen LogP contribution in [0.1, 0.15) is 37.7 Å². The van der Waals surface area contributed by atoms with E-state index in [4.69, 9.17) is 16.2 Å². The molecule has 0 spiro atoms. The predicted octanol–water partition coefficient (Wildman–Crippen LogP) is -2.88. The second-order valence-electron chi connectivity index (χ2n) is 8.95. The molecule has 0 aliphatic carbocycles. The Morgan fingerprint density at radius 1 is 0.756 bits per heavy atom. The average molecular weight is 578 g/mol. The number of ether oxygens (including phenoxy) is 1. The fourth-order valence-corrected chi connectivity index (χ4v) is 3.31. The Hall–Kier alpha value is -4.37. The quantitative estimate of drug-likeness (QED) is 0.0450. The van der Waals surface area contributed by atoms with Crippen LogP contribution in [0.3, 0.4) is 0 Å². The van der Waals surface area contributed by atoms with Gasteiger partial charge in [-0.2, -0.15) is 0 Å². The molecule has 0 saturated heterocycles. The van der Waals surface area contributed by atoms with E-state index >= 15 is 0 Å². The molecule has 9 N–H and O–H groups in total. The van der Waals surface area contributed by atoms with Gasteiger partial charge in [0.05, 0.1) is 26.1 Å². The highest BCUT2D eigenvalue weighted by Crippen LogP contribution is 2.04. The van der Waals surface area contributed by atoms with Crippen LogP contribution < -0.4 is 38.1 Å². The first-order chi connectivity index (χ1) is 19.6. The van der Waals surface area contributed by atoms with Crippen molar-refractivity contribution >= 4 is 41.2 Å². The summed E-state index contributed by atoms with van der Waals surface area (Å²) in [6.07, 6.45) is 2.19. The minimum absolute atomic E-state index is 0.110. The van der Waals surface area contributed by atoms with E-state index in [0.29, 0.717) is 13.0 Å². The van der Waals surface area contributed by atoms with Gasteiger partial charge >= 0.3 is 0 Å². The number of primary amides is 1. The lowest BCUT2D eigenvalue weighted by molar-refractivity contribution is -0.132. The third-order valence-corrected chi connectivity index (χ3v) is 5.36. The third-order valence-electron chi connectivity index (χ3n) is 5.36. The lowest BCUT2D eigenvalue weighted by atomic mass is 10.1. The number of carbonyl (C=O) groups is 7. The molecule has 226 valence electrons. The van der Waals surface area contributed by atoms with Crippen molar-refractivity contribution in [1.29, 1.82) is 0 Å². The second-order valence-corrected chi connectivity index (χ2v) is 8.95. The van der Waals surface area contributed by atoms with Crippen LogP contribution in [-0.2, 0) is 44.7 Å². The minimum Gasteiger partial charge on any atom is -0.369 e. The molecular weight excluding hydrogens is 538 g/mol. The molecule has 6 amide bonds. The molecule has 0 aliphatic heterocycles. The van der Waals surface area contributed by atoms with E-state index in [2.05, 4.69) is 26.6 Å². The zero-order chi connectivity index (χ0) is 30.5. The molecule has 1 aromatic carbocycles. The number of rotatable bonds is 21. The molecule has 0 bridgehead atoms. The summed E-state index contributed by atoms with van der Waals surface area (Å²) in [5.74, 6) is -4.13. The van der Waals surface area contributed by atoms with Crippen molar-refractivity contribution in [3.63, 3.8) is 0 Å². The number of benzene rings is 1. The highest BCUT2D eigenvalue weighted by Gasteiger charge is 2.22. The molecule has 0 unspecified atom stereocenters. The van der Waals surface area contributed by atoms with Crippen molar-refractivity contribution in [1.82, 2.24) is 26.6 Å². The summed E-state index contributed by atoms with van der Waals surface area (Å²) in [6.45, 7) is -1.38. The van der Waals surface area contributed by atoms with Gasteiger partial charge in [0, 0.05) is 12.8 Å². The van der Waals surface area contributed by atoms with Gasteiger partial charge in [0.2, 0.25) is 35.4 Å². The third kappa shape index (κ3) is 17.8. The first kappa shape index (κ1) is 34.7. The Morgan fingerprint density at radius 2 is 1.39 bits per heavy atom. The molecule has 41 heavy (non-hydrogen) atoms. The normalized spacial score (nSPS) is 11.0. The zero-order valence-corrected chi connectivity index (χ0v) is 22.9. The summed E-state index contributed by atoms with van der Waals surface area (Å²) in [5.41, 5.74) is 11.0.